The summed E-state index contributed by atoms with van der Waals surface area (Å²) >= 11 is 3.21. The molecule has 0 saturated heterocycles. The smallest absolute Gasteiger partial charge is 0.266 e. The fourth-order valence-corrected chi connectivity index (χ4v) is 2.52. The number of halogens is 1. The monoisotopic (exact) mass is 370 g/mol. The molecule has 0 spiro atoms. The minimum Gasteiger partial charge on any atom is -0.507 e. The Labute approximate surface area is 143 Å². The molecule has 0 bridgehead atoms. The standard InChI is InChI=1S/C18H15BrN2O2/c1-11-4-3-5-12(2)17(11)21-18(23)14(10-20)8-13-6-7-16(22)15(19)9-13/h3-9,22H,1-2H3,(H,21,23)/b14-8-. The molecule has 0 radical (unpaired) electrons. The van der Waals surface area contributed by atoms with Crippen LogP contribution in [0.5, 0.6) is 5.75 Å². The number of para-hydroxylation sites is 1. The van der Waals surface area contributed by atoms with E-state index in [1.807, 2.05) is 38.1 Å². The first kappa shape index (κ1) is 16.8. The number of phenolic OH excluding ortho intramolecular Hbond substituents is 1. The molecular formula is C18H15BrN2O2. The number of hydrogen-bond donors (Lipinski definition) is 2. The van der Waals surface area contributed by atoms with Gasteiger partial charge in [-0.15, -0.1) is 0 Å². The summed E-state index contributed by atoms with van der Waals surface area (Å²) in [6, 6.07) is 12.4. The molecule has 0 heterocycles. The zero-order chi connectivity index (χ0) is 17.0. The van der Waals surface area contributed by atoms with Crippen molar-refractivity contribution in [2.24, 2.45) is 0 Å². The van der Waals surface area contributed by atoms with E-state index in [1.165, 1.54) is 12.1 Å². The number of carbonyl (C=O) groups excluding carboxylic acids is 1. The Hall–Kier alpha value is -2.58. The van der Waals surface area contributed by atoms with E-state index in [0.29, 0.717) is 15.7 Å². The maximum atomic E-state index is 12.3. The fraction of sp³-hybridized carbons (Fsp3) is 0.111. The third-order valence-corrected chi connectivity index (χ3v) is 4.00. The predicted molar refractivity (Wildman–Crippen MR) is 93.9 cm³/mol. The highest BCUT2D eigenvalue weighted by atomic mass is 79.9. The van der Waals surface area contributed by atoms with Crippen molar-refractivity contribution in [2.45, 2.75) is 13.8 Å². The number of hydrogen-bond acceptors (Lipinski definition) is 3. The molecule has 0 aliphatic rings. The van der Waals surface area contributed by atoms with E-state index < -0.39 is 5.91 Å². The topological polar surface area (TPSA) is 73.1 Å². The molecule has 0 saturated carbocycles. The van der Waals surface area contributed by atoms with Crippen molar-refractivity contribution in [3.05, 3.63) is 63.1 Å². The zero-order valence-electron chi connectivity index (χ0n) is 12.7. The summed E-state index contributed by atoms with van der Waals surface area (Å²) in [5.74, 6) is -0.366. The average molecular weight is 371 g/mol. The maximum absolute atomic E-state index is 12.3. The predicted octanol–water partition coefficient (Wildman–Crippen LogP) is 4.32. The Kier molecular flexibility index (Phi) is 5.20. The van der Waals surface area contributed by atoms with Gasteiger partial charge >= 0.3 is 0 Å². The summed E-state index contributed by atoms with van der Waals surface area (Å²) in [6.07, 6.45) is 1.48. The van der Waals surface area contributed by atoms with E-state index in [-0.39, 0.29) is 11.3 Å². The van der Waals surface area contributed by atoms with E-state index in [1.54, 1.807) is 12.1 Å². The molecule has 0 aliphatic carbocycles. The average Bonchev–Trinajstić information content (AvgIpc) is 2.52. The molecule has 1 amide bonds. The van der Waals surface area contributed by atoms with E-state index in [2.05, 4.69) is 21.2 Å². The van der Waals surface area contributed by atoms with Crippen molar-refractivity contribution in [3.8, 4) is 11.8 Å². The lowest BCUT2D eigenvalue weighted by Crippen LogP contribution is -2.15. The van der Waals surface area contributed by atoms with E-state index in [9.17, 15) is 15.2 Å². The molecule has 0 aliphatic heterocycles. The summed E-state index contributed by atoms with van der Waals surface area (Å²) < 4.78 is 0.499. The Morgan fingerprint density at radius 3 is 2.48 bits per heavy atom. The van der Waals surface area contributed by atoms with Crippen LogP contribution in [-0.4, -0.2) is 11.0 Å². The van der Waals surface area contributed by atoms with Crippen LogP contribution < -0.4 is 5.32 Å². The van der Waals surface area contributed by atoms with Crippen molar-refractivity contribution < 1.29 is 9.90 Å². The van der Waals surface area contributed by atoms with Gasteiger partial charge in [0.1, 0.15) is 17.4 Å². The Morgan fingerprint density at radius 1 is 1.26 bits per heavy atom. The summed E-state index contributed by atoms with van der Waals surface area (Å²) in [7, 11) is 0. The minimum atomic E-state index is -0.464. The second kappa shape index (κ2) is 7.12. The van der Waals surface area contributed by atoms with Gasteiger partial charge in [-0.2, -0.15) is 5.26 Å². The van der Waals surface area contributed by atoms with Crippen LogP contribution in [-0.2, 0) is 4.79 Å². The van der Waals surface area contributed by atoms with Gasteiger partial charge in [0, 0.05) is 5.69 Å². The third-order valence-electron chi connectivity index (χ3n) is 3.37. The van der Waals surface area contributed by atoms with Gasteiger partial charge in [-0.05, 0) is 64.7 Å². The van der Waals surface area contributed by atoms with Crippen molar-refractivity contribution in [1.82, 2.24) is 0 Å². The van der Waals surface area contributed by atoms with Gasteiger partial charge in [-0.1, -0.05) is 24.3 Å². The van der Waals surface area contributed by atoms with Crippen molar-refractivity contribution >= 4 is 33.6 Å². The number of anilines is 1. The summed E-state index contributed by atoms with van der Waals surface area (Å²) in [6.45, 7) is 3.80. The zero-order valence-corrected chi connectivity index (χ0v) is 14.3. The van der Waals surface area contributed by atoms with Gasteiger partial charge in [0.25, 0.3) is 5.91 Å². The summed E-state index contributed by atoms with van der Waals surface area (Å²) in [4.78, 5) is 12.3. The number of benzene rings is 2. The molecular weight excluding hydrogens is 356 g/mol. The largest absolute Gasteiger partial charge is 0.507 e. The van der Waals surface area contributed by atoms with Crippen LogP contribution in [0.1, 0.15) is 16.7 Å². The third kappa shape index (κ3) is 3.99. The van der Waals surface area contributed by atoms with Crippen LogP contribution >= 0.6 is 15.9 Å². The number of rotatable bonds is 3. The van der Waals surface area contributed by atoms with Crippen LogP contribution in [0.4, 0.5) is 5.69 Å². The van der Waals surface area contributed by atoms with E-state index in [0.717, 1.165) is 11.1 Å². The quantitative estimate of drug-likeness (QED) is 0.624. The molecule has 0 atom stereocenters. The Bertz CT molecular complexity index is 815. The van der Waals surface area contributed by atoms with E-state index >= 15 is 0 Å². The molecule has 116 valence electrons. The van der Waals surface area contributed by atoms with Gasteiger partial charge in [0.15, 0.2) is 0 Å². The molecule has 2 aromatic carbocycles. The first-order chi connectivity index (χ1) is 10.9. The number of nitrogens with one attached hydrogen (secondary N) is 1. The SMILES string of the molecule is Cc1cccc(C)c1NC(=O)/C(C#N)=C\c1ccc(O)c(Br)c1. The lowest BCUT2D eigenvalue weighted by molar-refractivity contribution is -0.112. The number of nitriles is 1. The first-order valence-corrected chi connectivity index (χ1v) is 7.69. The number of carbonyl (C=O) groups is 1. The second-order valence-electron chi connectivity index (χ2n) is 5.10. The molecule has 2 aromatic rings. The molecule has 0 fully saturated rings. The van der Waals surface area contributed by atoms with Crippen molar-refractivity contribution in [2.75, 3.05) is 5.32 Å². The van der Waals surface area contributed by atoms with Crippen LogP contribution in [0.2, 0.25) is 0 Å². The number of nitrogens with zero attached hydrogens (tertiary/aromatic N) is 1. The molecule has 5 heteroatoms. The number of aromatic hydroxyl groups is 1. The molecule has 4 nitrogen and oxygen atoms in total. The van der Waals surface area contributed by atoms with Crippen LogP contribution in [0, 0.1) is 25.2 Å². The van der Waals surface area contributed by atoms with Gasteiger partial charge in [-0.25, -0.2) is 0 Å². The van der Waals surface area contributed by atoms with Gasteiger partial charge < -0.3 is 10.4 Å². The molecule has 0 unspecified atom stereocenters. The highest BCUT2D eigenvalue weighted by Gasteiger charge is 2.12. The second-order valence-corrected chi connectivity index (χ2v) is 5.96. The minimum absolute atomic E-state index is 0.00903. The normalized spacial score (nSPS) is 11.0. The van der Waals surface area contributed by atoms with Gasteiger partial charge in [0.2, 0.25) is 0 Å². The number of amides is 1. The molecule has 23 heavy (non-hydrogen) atoms. The van der Waals surface area contributed by atoms with Crippen molar-refractivity contribution in [3.63, 3.8) is 0 Å². The van der Waals surface area contributed by atoms with Crippen molar-refractivity contribution in [1.29, 1.82) is 5.26 Å². The fourth-order valence-electron chi connectivity index (χ4n) is 2.12. The number of aryl methyl sites for hydroxylation is 2. The van der Waals surface area contributed by atoms with Gasteiger partial charge in [0.05, 0.1) is 4.47 Å². The highest BCUT2D eigenvalue weighted by molar-refractivity contribution is 9.10. The highest BCUT2D eigenvalue weighted by Crippen LogP contribution is 2.25. The summed E-state index contributed by atoms with van der Waals surface area (Å²) in [5, 5.41) is 21.5. The maximum Gasteiger partial charge on any atom is 0.266 e. The number of phenols is 1. The Morgan fingerprint density at radius 2 is 1.91 bits per heavy atom. The van der Waals surface area contributed by atoms with Gasteiger partial charge in [-0.3, -0.25) is 4.79 Å². The molecule has 0 aromatic heterocycles. The molecule has 2 rings (SSSR count). The van der Waals surface area contributed by atoms with Crippen LogP contribution in [0.25, 0.3) is 6.08 Å². The lowest BCUT2D eigenvalue weighted by atomic mass is 10.1. The Balaban J connectivity index is 2.30. The van der Waals surface area contributed by atoms with Crippen LogP contribution in [0.15, 0.2) is 46.4 Å². The lowest BCUT2D eigenvalue weighted by Gasteiger charge is -2.11. The van der Waals surface area contributed by atoms with E-state index in [4.69, 9.17) is 0 Å². The summed E-state index contributed by atoms with van der Waals surface area (Å²) in [5.41, 5.74) is 3.21. The van der Waals surface area contributed by atoms with Crippen LogP contribution in [0.3, 0.4) is 0 Å². The first-order valence-electron chi connectivity index (χ1n) is 6.90. The molecule has 2 N–H and O–H groups in total.